The lowest BCUT2D eigenvalue weighted by atomic mass is 9.94. The number of hydrogen-bond acceptors (Lipinski definition) is 3. The van der Waals surface area contributed by atoms with Gasteiger partial charge in [-0.05, 0) is 40.9 Å². The normalized spacial score (nSPS) is 11.8. The van der Waals surface area contributed by atoms with Crippen molar-refractivity contribution in [3.8, 4) is 0 Å². The largest absolute Gasteiger partial charge is 0.394 e. The summed E-state index contributed by atoms with van der Waals surface area (Å²) in [5, 5.41) is 12.8. The Balaban J connectivity index is 2.62. The first kappa shape index (κ1) is 13.6. The summed E-state index contributed by atoms with van der Waals surface area (Å²) in [5.41, 5.74) is 0.804. The van der Waals surface area contributed by atoms with Gasteiger partial charge in [-0.25, -0.2) is 4.98 Å². The Morgan fingerprint density at radius 2 is 2.06 bits per heavy atom. The Bertz CT molecular complexity index is 318. The molecule has 1 aromatic rings. The average molecular weight is 287 g/mol. The number of aromatic nitrogens is 1. The summed E-state index contributed by atoms with van der Waals surface area (Å²) >= 11 is 3.35. The third kappa shape index (κ3) is 3.54. The van der Waals surface area contributed by atoms with Crippen LogP contribution in [0.15, 0.2) is 22.8 Å². The van der Waals surface area contributed by atoms with Gasteiger partial charge in [0.05, 0.1) is 12.3 Å². The maximum absolute atomic E-state index is 9.42. The van der Waals surface area contributed by atoms with Crippen molar-refractivity contribution in [1.82, 2.24) is 10.3 Å². The van der Waals surface area contributed by atoms with Gasteiger partial charge in [0.2, 0.25) is 0 Å². The molecule has 0 aromatic carbocycles. The van der Waals surface area contributed by atoms with E-state index < -0.39 is 0 Å². The molecular weight excluding hydrogens is 268 g/mol. The van der Waals surface area contributed by atoms with E-state index in [9.17, 15) is 5.11 Å². The maximum atomic E-state index is 9.42. The first-order valence-electron chi connectivity index (χ1n) is 5.63. The van der Waals surface area contributed by atoms with Crippen LogP contribution in [0.5, 0.6) is 0 Å². The van der Waals surface area contributed by atoms with Crippen LogP contribution in [0.1, 0.15) is 32.4 Å². The first-order chi connectivity index (χ1) is 7.65. The van der Waals surface area contributed by atoms with E-state index in [0.717, 1.165) is 23.1 Å². The van der Waals surface area contributed by atoms with Crippen molar-refractivity contribution in [2.75, 3.05) is 6.61 Å². The average Bonchev–Trinajstić information content (AvgIpc) is 2.32. The molecule has 0 aliphatic carbocycles. The van der Waals surface area contributed by atoms with E-state index >= 15 is 0 Å². The Labute approximate surface area is 105 Å². The molecule has 1 heterocycles. The summed E-state index contributed by atoms with van der Waals surface area (Å²) in [6, 6.07) is 5.85. The molecule has 0 unspecified atom stereocenters. The molecule has 1 aromatic heterocycles. The zero-order valence-electron chi connectivity index (χ0n) is 9.83. The Morgan fingerprint density at radius 1 is 1.38 bits per heavy atom. The van der Waals surface area contributed by atoms with Gasteiger partial charge in [-0.2, -0.15) is 0 Å². The van der Waals surface area contributed by atoms with Crippen LogP contribution in [0.2, 0.25) is 0 Å². The van der Waals surface area contributed by atoms with Crippen LogP contribution in [0.25, 0.3) is 0 Å². The monoisotopic (exact) mass is 286 g/mol. The fraction of sp³-hybridized carbons (Fsp3) is 0.583. The Morgan fingerprint density at radius 3 is 2.56 bits per heavy atom. The minimum Gasteiger partial charge on any atom is -0.394 e. The lowest BCUT2D eigenvalue weighted by Gasteiger charge is -2.30. The Kier molecular flexibility index (Phi) is 5.38. The summed E-state index contributed by atoms with van der Waals surface area (Å²) in [6.45, 7) is 5.01. The summed E-state index contributed by atoms with van der Waals surface area (Å²) in [7, 11) is 0. The zero-order valence-corrected chi connectivity index (χ0v) is 11.4. The molecule has 0 atom stereocenters. The van der Waals surface area contributed by atoms with Crippen molar-refractivity contribution in [3.05, 3.63) is 28.5 Å². The van der Waals surface area contributed by atoms with Crippen LogP contribution in [-0.2, 0) is 6.54 Å². The second-order valence-electron chi connectivity index (χ2n) is 3.95. The van der Waals surface area contributed by atoms with E-state index in [-0.39, 0.29) is 12.1 Å². The first-order valence-corrected chi connectivity index (χ1v) is 6.42. The van der Waals surface area contributed by atoms with Gasteiger partial charge >= 0.3 is 0 Å². The molecule has 0 spiro atoms. The van der Waals surface area contributed by atoms with Gasteiger partial charge in [0.25, 0.3) is 0 Å². The zero-order chi connectivity index (χ0) is 12.0. The predicted molar refractivity (Wildman–Crippen MR) is 69.2 cm³/mol. The number of nitrogens with one attached hydrogen (secondary N) is 1. The highest BCUT2D eigenvalue weighted by atomic mass is 79.9. The fourth-order valence-corrected chi connectivity index (χ4v) is 1.99. The summed E-state index contributed by atoms with van der Waals surface area (Å²) in [4.78, 5) is 4.35. The van der Waals surface area contributed by atoms with Crippen LogP contribution >= 0.6 is 15.9 Å². The lowest BCUT2D eigenvalue weighted by molar-refractivity contribution is 0.149. The number of aliphatic hydroxyl groups is 1. The topological polar surface area (TPSA) is 45.1 Å². The highest BCUT2D eigenvalue weighted by Crippen LogP contribution is 2.15. The van der Waals surface area contributed by atoms with Crippen molar-refractivity contribution < 1.29 is 5.11 Å². The summed E-state index contributed by atoms with van der Waals surface area (Å²) in [6.07, 6.45) is 1.82. The van der Waals surface area contributed by atoms with Gasteiger partial charge in [-0.1, -0.05) is 19.9 Å². The number of halogens is 1. The van der Waals surface area contributed by atoms with E-state index in [2.05, 4.69) is 40.1 Å². The number of hydrogen-bond donors (Lipinski definition) is 2. The molecule has 0 aliphatic heterocycles. The van der Waals surface area contributed by atoms with Gasteiger partial charge in [-0.3, -0.25) is 0 Å². The standard InChI is InChI=1S/C12H19BrN2O/c1-3-12(4-2,9-16)14-8-10-6-5-7-11(13)15-10/h5-7,14,16H,3-4,8-9H2,1-2H3. The Hall–Kier alpha value is -0.450. The summed E-state index contributed by atoms with van der Waals surface area (Å²) < 4.78 is 0.842. The predicted octanol–water partition coefficient (Wildman–Crippen LogP) is 2.48. The molecule has 0 aliphatic rings. The molecule has 3 nitrogen and oxygen atoms in total. The minimum absolute atomic E-state index is 0.161. The number of nitrogens with zero attached hydrogens (tertiary/aromatic N) is 1. The molecule has 0 bridgehead atoms. The molecule has 90 valence electrons. The molecule has 0 fully saturated rings. The van der Waals surface area contributed by atoms with Gasteiger partial charge in [-0.15, -0.1) is 0 Å². The highest BCUT2D eigenvalue weighted by molar-refractivity contribution is 9.10. The van der Waals surface area contributed by atoms with E-state index in [1.807, 2.05) is 18.2 Å². The fourth-order valence-electron chi connectivity index (χ4n) is 1.61. The second-order valence-corrected chi connectivity index (χ2v) is 4.76. The number of pyridine rings is 1. The van der Waals surface area contributed by atoms with Crippen molar-refractivity contribution in [2.45, 2.75) is 38.8 Å². The van der Waals surface area contributed by atoms with Crippen molar-refractivity contribution >= 4 is 15.9 Å². The SMILES string of the molecule is CCC(CC)(CO)NCc1cccc(Br)n1. The highest BCUT2D eigenvalue weighted by Gasteiger charge is 2.24. The second kappa shape index (κ2) is 6.33. The molecule has 0 radical (unpaired) electrons. The van der Waals surface area contributed by atoms with E-state index in [0.29, 0.717) is 6.54 Å². The van der Waals surface area contributed by atoms with Crippen LogP contribution < -0.4 is 5.32 Å². The van der Waals surface area contributed by atoms with Crippen molar-refractivity contribution in [1.29, 1.82) is 0 Å². The van der Waals surface area contributed by atoms with Crippen LogP contribution in [0.4, 0.5) is 0 Å². The van der Waals surface area contributed by atoms with Gasteiger partial charge in [0.1, 0.15) is 4.60 Å². The van der Waals surface area contributed by atoms with Crippen molar-refractivity contribution in [3.63, 3.8) is 0 Å². The third-order valence-electron chi connectivity index (χ3n) is 3.07. The number of aliphatic hydroxyl groups excluding tert-OH is 1. The third-order valence-corrected chi connectivity index (χ3v) is 3.52. The van der Waals surface area contributed by atoms with E-state index in [4.69, 9.17) is 0 Å². The molecular formula is C12H19BrN2O. The summed E-state index contributed by atoms with van der Waals surface area (Å²) in [5.74, 6) is 0. The van der Waals surface area contributed by atoms with Gasteiger partial charge in [0.15, 0.2) is 0 Å². The van der Waals surface area contributed by atoms with Gasteiger partial charge < -0.3 is 10.4 Å². The van der Waals surface area contributed by atoms with E-state index in [1.54, 1.807) is 0 Å². The molecule has 0 amide bonds. The maximum Gasteiger partial charge on any atom is 0.106 e. The minimum atomic E-state index is -0.177. The molecule has 0 saturated heterocycles. The van der Waals surface area contributed by atoms with Crippen LogP contribution in [0, 0.1) is 0 Å². The smallest absolute Gasteiger partial charge is 0.106 e. The van der Waals surface area contributed by atoms with Crippen molar-refractivity contribution in [2.24, 2.45) is 0 Å². The molecule has 1 rings (SSSR count). The molecule has 2 N–H and O–H groups in total. The molecule has 0 saturated carbocycles. The molecule has 4 heteroatoms. The van der Waals surface area contributed by atoms with Crippen LogP contribution in [0.3, 0.4) is 0 Å². The number of rotatable bonds is 6. The van der Waals surface area contributed by atoms with Crippen LogP contribution in [-0.4, -0.2) is 22.2 Å². The quantitative estimate of drug-likeness (QED) is 0.790. The van der Waals surface area contributed by atoms with Gasteiger partial charge in [0, 0.05) is 12.1 Å². The molecule has 16 heavy (non-hydrogen) atoms. The lowest BCUT2D eigenvalue weighted by Crippen LogP contribution is -2.47. The van der Waals surface area contributed by atoms with E-state index in [1.165, 1.54) is 0 Å².